The second-order valence-electron chi connectivity index (χ2n) is 5.09. The molecule has 0 saturated heterocycles. The van der Waals surface area contributed by atoms with E-state index in [4.69, 9.17) is 5.73 Å². The van der Waals surface area contributed by atoms with Crippen LogP contribution in [0.4, 0.5) is 0 Å². The average Bonchev–Trinajstić information content (AvgIpc) is 2.62. The molecule has 17 heavy (non-hydrogen) atoms. The van der Waals surface area contributed by atoms with Crippen LogP contribution in [0.1, 0.15) is 38.9 Å². The van der Waals surface area contributed by atoms with Gasteiger partial charge in [-0.15, -0.1) is 0 Å². The molecule has 0 aliphatic rings. The van der Waals surface area contributed by atoms with E-state index < -0.39 is 0 Å². The SMILES string of the molecule is COC(=O)CC(C)n1cncc1CC(C)(C)N. The predicted molar refractivity (Wildman–Crippen MR) is 65.5 cm³/mol. The van der Waals surface area contributed by atoms with Gasteiger partial charge in [-0.1, -0.05) is 0 Å². The van der Waals surface area contributed by atoms with Gasteiger partial charge in [0.05, 0.1) is 19.9 Å². The first kappa shape index (κ1) is 13.7. The fourth-order valence-corrected chi connectivity index (χ4v) is 1.76. The van der Waals surface area contributed by atoms with Crippen LogP contribution in [0.5, 0.6) is 0 Å². The summed E-state index contributed by atoms with van der Waals surface area (Å²) >= 11 is 0. The number of hydrogen-bond acceptors (Lipinski definition) is 4. The van der Waals surface area contributed by atoms with Gasteiger partial charge in [-0.2, -0.15) is 0 Å². The normalized spacial score (nSPS) is 13.5. The van der Waals surface area contributed by atoms with Crippen molar-refractivity contribution in [3.05, 3.63) is 18.2 Å². The van der Waals surface area contributed by atoms with E-state index in [9.17, 15) is 4.79 Å². The number of carbonyl (C=O) groups excluding carboxylic acids is 1. The van der Waals surface area contributed by atoms with Gasteiger partial charge in [0.1, 0.15) is 0 Å². The highest BCUT2D eigenvalue weighted by Gasteiger charge is 2.18. The maximum Gasteiger partial charge on any atom is 0.307 e. The zero-order valence-electron chi connectivity index (χ0n) is 10.9. The number of aromatic nitrogens is 2. The van der Waals surface area contributed by atoms with Gasteiger partial charge in [-0.3, -0.25) is 4.79 Å². The molecule has 0 bridgehead atoms. The third-order valence-electron chi connectivity index (χ3n) is 2.55. The Balaban J connectivity index is 2.77. The molecular formula is C12H21N3O2. The molecule has 0 aliphatic heterocycles. The van der Waals surface area contributed by atoms with Gasteiger partial charge in [0.25, 0.3) is 0 Å². The Bertz CT molecular complexity index is 379. The average molecular weight is 239 g/mol. The minimum atomic E-state index is -0.289. The maximum absolute atomic E-state index is 11.2. The van der Waals surface area contributed by atoms with E-state index in [1.165, 1.54) is 7.11 Å². The van der Waals surface area contributed by atoms with Gasteiger partial charge in [0.2, 0.25) is 0 Å². The standard InChI is InChI=1S/C12H21N3O2/c1-9(5-11(16)17-4)15-8-14-7-10(15)6-12(2,3)13/h7-9H,5-6,13H2,1-4H3. The van der Waals surface area contributed by atoms with E-state index in [-0.39, 0.29) is 17.6 Å². The van der Waals surface area contributed by atoms with Crippen LogP contribution in [-0.4, -0.2) is 28.2 Å². The number of rotatable bonds is 5. The molecule has 0 amide bonds. The predicted octanol–water partition coefficient (Wildman–Crippen LogP) is 1.29. The van der Waals surface area contributed by atoms with E-state index in [0.717, 1.165) is 12.1 Å². The summed E-state index contributed by atoms with van der Waals surface area (Å²) in [5, 5.41) is 0. The summed E-state index contributed by atoms with van der Waals surface area (Å²) in [5.74, 6) is -0.218. The number of ether oxygens (including phenoxy) is 1. The van der Waals surface area contributed by atoms with Crippen molar-refractivity contribution < 1.29 is 9.53 Å². The molecule has 0 aliphatic carbocycles. The lowest BCUT2D eigenvalue weighted by Crippen LogP contribution is -2.35. The first-order valence-corrected chi connectivity index (χ1v) is 5.70. The Morgan fingerprint density at radius 1 is 1.65 bits per heavy atom. The second kappa shape index (κ2) is 5.31. The molecular weight excluding hydrogens is 218 g/mol. The van der Waals surface area contributed by atoms with Crippen LogP contribution < -0.4 is 5.73 Å². The molecule has 1 heterocycles. The van der Waals surface area contributed by atoms with Crippen LogP contribution in [0.3, 0.4) is 0 Å². The second-order valence-corrected chi connectivity index (χ2v) is 5.09. The summed E-state index contributed by atoms with van der Waals surface area (Å²) < 4.78 is 6.64. The summed E-state index contributed by atoms with van der Waals surface area (Å²) in [6.45, 7) is 5.90. The van der Waals surface area contributed by atoms with Crippen molar-refractivity contribution in [1.82, 2.24) is 9.55 Å². The largest absolute Gasteiger partial charge is 0.469 e. The van der Waals surface area contributed by atoms with Crippen molar-refractivity contribution in [2.45, 2.75) is 45.2 Å². The molecule has 0 aromatic carbocycles. The number of esters is 1. The molecule has 0 radical (unpaired) electrons. The number of nitrogens with zero attached hydrogens (tertiary/aromatic N) is 2. The molecule has 0 spiro atoms. The first-order valence-electron chi connectivity index (χ1n) is 5.70. The number of methoxy groups -OCH3 is 1. The lowest BCUT2D eigenvalue weighted by molar-refractivity contribution is -0.141. The summed E-state index contributed by atoms with van der Waals surface area (Å²) in [6.07, 6.45) is 4.58. The van der Waals surface area contributed by atoms with Crippen LogP contribution in [0.2, 0.25) is 0 Å². The van der Waals surface area contributed by atoms with Crippen LogP contribution in [0, 0.1) is 0 Å². The molecule has 5 nitrogen and oxygen atoms in total. The Labute approximate surface area is 102 Å². The van der Waals surface area contributed by atoms with Gasteiger partial charge in [-0.05, 0) is 20.8 Å². The van der Waals surface area contributed by atoms with E-state index in [1.807, 2.05) is 25.3 Å². The van der Waals surface area contributed by atoms with E-state index in [0.29, 0.717) is 6.42 Å². The highest BCUT2D eigenvalue weighted by atomic mass is 16.5. The van der Waals surface area contributed by atoms with Crippen LogP contribution in [-0.2, 0) is 16.0 Å². The lowest BCUT2D eigenvalue weighted by atomic mass is 10.00. The minimum Gasteiger partial charge on any atom is -0.469 e. The van der Waals surface area contributed by atoms with Crippen molar-refractivity contribution >= 4 is 5.97 Å². The Kier molecular flexibility index (Phi) is 4.28. The number of nitrogens with two attached hydrogens (primary N) is 1. The highest BCUT2D eigenvalue weighted by Crippen LogP contribution is 2.17. The monoisotopic (exact) mass is 239 g/mol. The van der Waals surface area contributed by atoms with Crippen molar-refractivity contribution in [3.8, 4) is 0 Å². The molecule has 5 heteroatoms. The fourth-order valence-electron chi connectivity index (χ4n) is 1.76. The van der Waals surface area contributed by atoms with Crippen molar-refractivity contribution in [2.24, 2.45) is 5.73 Å². The van der Waals surface area contributed by atoms with Gasteiger partial charge in [0, 0.05) is 29.9 Å². The molecule has 0 fully saturated rings. The van der Waals surface area contributed by atoms with Gasteiger partial charge in [-0.25, -0.2) is 4.98 Å². The lowest BCUT2D eigenvalue weighted by Gasteiger charge is -2.21. The number of carbonyl (C=O) groups is 1. The van der Waals surface area contributed by atoms with Gasteiger partial charge < -0.3 is 15.0 Å². The molecule has 0 saturated carbocycles. The van der Waals surface area contributed by atoms with E-state index in [1.54, 1.807) is 12.5 Å². The van der Waals surface area contributed by atoms with Gasteiger partial charge >= 0.3 is 5.97 Å². The minimum absolute atomic E-state index is 0.0299. The summed E-state index contributed by atoms with van der Waals surface area (Å²) in [6, 6.07) is 0.0299. The Morgan fingerprint density at radius 3 is 2.82 bits per heavy atom. The summed E-state index contributed by atoms with van der Waals surface area (Å²) in [5.41, 5.74) is 6.74. The van der Waals surface area contributed by atoms with Crippen molar-refractivity contribution in [2.75, 3.05) is 7.11 Å². The van der Waals surface area contributed by atoms with Gasteiger partial charge in [0.15, 0.2) is 0 Å². The Hall–Kier alpha value is -1.36. The van der Waals surface area contributed by atoms with Crippen LogP contribution in [0.15, 0.2) is 12.5 Å². The van der Waals surface area contributed by atoms with E-state index in [2.05, 4.69) is 9.72 Å². The smallest absolute Gasteiger partial charge is 0.307 e. The molecule has 1 aromatic heterocycles. The highest BCUT2D eigenvalue weighted by molar-refractivity contribution is 5.69. The molecule has 1 rings (SSSR count). The van der Waals surface area contributed by atoms with Crippen molar-refractivity contribution in [3.63, 3.8) is 0 Å². The topological polar surface area (TPSA) is 70.1 Å². The van der Waals surface area contributed by atoms with Crippen LogP contribution in [0.25, 0.3) is 0 Å². The maximum atomic E-state index is 11.2. The molecule has 96 valence electrons. The molecule has 1 aromatic rings. The number of imidazole rings is 1. The molecule has 2 N–H and O–H groups in total. The Morgan fingerprint density at radius 2 is 2.29 bits per heavy atom. The van der Waals surface area contributed by atoms with Crippen molar-refractivity contribution in [1.29, 1.82) is 0 Å². The van der Waals surface area contributed by atoms with Crippen LogP contribution >= 0.6 is 0 Å². The number of hydrogen-bond donors (Lipinski definition) is 1. The third-order valence-corrected chi connectivity index (χ3v) is 2.55. The zero-order chi connectivity index (χ0) is 13.1. The summed E-state index contributed by atoms with van der Waals surface area (Å²) in [4.78, 5) is 15.3. The molecule has 1 atom stereocenters. The first-order chi connectivity index (χ1) is 7.83. The quantitative estimate of drug-likeness (QED) is 0.786. The zero-order valence-corrected chi connectivity index (χ0v) is 10.9. The fraction of sp³-hybridized carbons (Fsp3) is 0.667. The summed E-state index contributed by atoms with van der Waals surface area (Å²) in [7, 11) is 1.40. The third kappa shape index (κ3) is 4.19. The van der Waals surface area contributed by atoms with E-state index >= 15 is 0 Å². The molecule has 1 unspecified atom stereocenters.